The summed E-state index contributed by atoms with van der Waals surface area (Å²) in [4.78, 5) is 27.0. The number of anilines is 2. The van der Waals surface area contributed by atoms with Gasteiger partial charge in [-0.05, 0) is 79.3 Å². The van der Waals surface area contributed by atoms with Crippen LogP contribution in [0.25, 0.3) is 0 Å². The molecule has 0 radical (unpaired) electrons. The first-order chi connectivity index (χ1) is 15.5. The van der Waals surface area contributed by atoms with Crippen LogP contribution in [0.5, 0.6) is 0 Å². The van der Waals surface area contributed by atoms with E-state index in [0.717, 1.165) is 58.5 Å². The average Bonchev–Trinajstić information content (AvgIpc) is 2.75. The number of nitrogens with zero attached hydrogens (tertiary/aromatic N) is 2. The molecule has 0 atom stereocenters. The maximum atomic E-state index is 11.5. The lowest BCUT2D eigenvalue weighted by atomic mass is 9.95. The van der Waals surface area contributed by atoms with Gasteiger partial charge in [0.1, 0.15) is 0 Å². The summed E-state index contributed by atoms with van der Waals surface area (Å²) in [6.45, 7) is 10.5. The van der Waals surface area contributed by atoms with Gasteiger partial charge in [-0.1, -0.05) is 31.9 Å². The molecule has 0 aliphatic carbocycles. The van der Waals surface area contributed by atoms with E-state index in [0.29, 0.717) is 13.1 Å². The predicted molar refractivity (Wildman–Crippen MR) is 141 cm³/mol. The minimum absolute atomic E-state index is 0.0679. The van der Waals surface area contributed by atoms with Crippen LogP contribution in [-0.4, -0.2) is 41.8 Å². The van der Waals surface area contributed by atoms with Crippen LogP contribution < -0.4 is 11.1 Å². The van der Waals surface area contributed by atoms with Crippen LogP contribution in [0.1, 0.15) is 47.2 Å². The maximum Gasteiger partial charge on any atom is 0.221 e. The van der Waals surface area contributed by atoms with Gasteiger partial charge in [-0.3, -0.25) is 9.59 Å². The molecule has 0 fully saturated rings. The van der Waals surface area contributed by atoms with E-state index in [9.17, 15) is 9.59 Å². The highest BCUT2D eigenvalue weighted by Crippen LogP contribution is 2.35. The fourth-order valence-corrected chi connectivity index (χ4v) is 5.89. The summed E-state index contributed by atoms with van der Waals surface area (Å²) in [6, 6.07) is 4.11. The van der Waals surface area contributed by atoms with Crippen molar-refractivity contribution in [1.82, 2.24) is 9.80 Å². The Balaban J connectivity index is 0.000000194. The lowest BCUT2D eigenvalue weighted by molar-refractivity contribution is -0.129. The number of carbonyl (C=O) groups is 2. The third-order valence-electron chi connectivity index (χ3n) is 6.34. The zero-order chi connectivity index (χ0) is 24.4. The van der Waals surface area contributed by atoms with Gasteiger partial charge in [0.15, 0.2) is 0 Å². The van der Waals surface area contributed by atoms with Crippen LogP contribution >= 0.6 is 31.9 Å². The fourth-order valence-electron chi connectivity index (χ4n) is 4.47. The number of hydrogen-bond donors (Lipinski definition) is 2. The fraction of sp³-hybridized carbons (Fsp3) is 0.440. The Morgan fingerprint density at radius 2 is 1.48 bits per heavy atom. The lowest BCUT2D eigenvalue weighted by Crippen LogP contribution is -2.35. The van der Waals surface area contributed by atoms with E-state index in [-0.39, 0.29) is 11.8 Å². The molecule has 2 aliphatic rings. The third kappa shape index (κ3) is 5.78. The molecule has 8 heteroatoms. The SMILES string of the molecule is CC(=O)Nc1c(C)cc(Br)c2c1CCN(C(C)=O)C2.Cc1cc(Br)c2c(c1N)CCN(C)C2. The molecule has 3 N–H and O–H groups in total. The molecule has 6 nitrogen and oxygen atoms in total. The van der Waals surface area contributed by atoms with E-state index >= 15 is 0 Å². The summed E-state index contributed by atoms with van der Waals surface area (Å²) in [5.41, 5.74) is 15.1. The molecule has 2 amide bonds. The maximum absolute atomic E-state index is 11.5. The van der Waals surface area contributed by atoms with E-state index < -0.39 is 0 Å². The highest BCUT2D eigenvalue weighted by molar-refractivity contribution is 9.10. The van der Waals surface area contributed by atoms with Crippen LogP contribution in [0.4, 0.5) is 11.4 Å². The Morgan fingerprint density at radius 1 is 0.909 bits per heavy atom. The first kappa shape index (κ1) is 25.7. The van der Waals surface area contributed by atoms with Crippen molar-refractivity contribution in [1.29, 1.82) is 0 Å². The third-order valence-corrected chi connectivity index (χ3v) is 7.75. The Bertz CT molecular complexity index is 1100. The van der Waals surface area contributed by atoms with E-state index in [2.05, 4.69) is 62.1 Å². The number of fused-ring (bicyclic) bond motifs is 2. The smallest absolute Gasteiger partial charge is 0.221 e. The minimum Gasteiger partial charge on any atom is -0.398 e. The van der Waals surface area contributed by atoms with E-state index in [1.54, 1.807) is 6.92 Å². The molecule has 33 heavy (non-hydrogen) atoms. The Labute approximate surface area is 213 Å². The van der Waals surface area contributed by atoms with Crippen LogP contribution in [0.2, 0.25) is 0 Å². The number of nitrogens with one attached hydrogen (secondary N) is 1. The highest BCUT2D eigenvalue weighted by atomic mass is 79.9. The second kappa shape index (κ2) is 10.6. The van der Waals surface area contributed by atoms with E-state index in [1.807, 2.05) is 17.9 Å². The molecule has 0 unspecified atom stereocenters. The molecule has 4 rings (SSSR count). The Kier molecular flexibility index (Phi) is 8.24. The number of aryl methyl sites for hydroxylation is 2. The summed E-state index contributed by atoms with van der Waals surface area (Å²) < 4.78 is 2.20. The van der Waals surface area contributed by atoms with Gasteiger partial charge in [-0.15, -0.1) is 0 Å². The number of nitrogens with two attached hydrogens (primary N) is 1. The first-order valence-corrected chi connectivity index (χ1v) is 12.7. The van der Waals surface area contributed by atoms with Gasteiger partial charge >= 0.3 is 0 Å². The molecule has 2 aliphatic heterocycles. The van der Waals surface area contributed by atoms with E-state index in [4.69, 9.17) is 5.73 Å². The second-order valence-electron chi connectivity index (χ2n) is 8.91. The van der Waals surface area contributed by atoms with Crippen molar-refractivity contribution in [2.75, 3.05) is 31.2 Å². The molecule has 2 heterocycles. The molecular formula is C25H32Br2N4O2. The topological polar surface area (TPSA) is 78.7 Å². The number of carbonyl (C=O) groups excluding carboxylic acids is 2. The number of benzene rings is 2. The van der Waals surface area contributed by atoms with Crippen LogP contribution in [-0.2, 0) is 35.5 Å². The standard InChI is InChI=1S/C14H17BrN2O2.C11H15BrN2/c1-8-6-13(15)12-7-17(10(3)19)5-4-11(12)14(8)16-9(2)18;1-7-5-10(12)9-6-14(2)4-3-8(9)11(7)13/h6H,4-5,7H2,1-3H3,(H,16,18);5H,3-4,6,13H2,1-2H3. The molecule has 2 aromatic carbocycles. The van der Waals surface area contributed by atoms with Crippen molar-refractivity contribution < 1.29 is 9.59 Å². The number of nitrogen functional groups attached to an aromatic ring is 1. The summed E-state index contributed by atoms with van der Waals surface area (Å²) in [5.74, 6) is 0.0147. The number of hydrogen-bond acceptors (Lipinski definition) is 4. The minimum atomic E-state index is -0.0679. The number of rotatable bonds is 1. The van der Waals surface area contributed by atoms with E-state index in [1.165, 1.54) is 28.1 Å². The van der Waals surface area contributed by atoms with Crippen LogP contribution in [0, 0.1) is 13.8 Å². The lowest BCUT2D eigenvalue weighted by Gasteiger charge is -2.31. The summed E-state index contributed by atoms with van der Waals surface area (Å²) >= 11 is 7.17. The Hall–Kier alpha value is -1.90. The molecular weight excluding hydrogens is 548 g/mol. The molecule has 0 spiro atoms. The summed E-state index contributed by atoms with van der Waals surface area (Å²) in [7, 11) is 2.14. The van der Waals surface area contributed by atoms with Gasteiger partial charge in [0.25, 0.3) is 0 Å². The molecule has 0 saturated carbocycles. The number of likely N-dealkylation sites (N-methyl/N-ethyl adjacent to an activating group) is 1. The van der Waals surface area contributed by atoms with Crippen molar-refractivity contribution in [3.8, 4) is 0 Å². The predicted octanol–water partition coefficient (Wildman–Crippen LogP) is 4.95. The molecule has 0 saturated heterocycles. The zero-order valence-electron chi connectivity index (χ0n) is 19.9. The molecule has 2 aromatic rings. The summed E-state index contributed by atoms with van der Waals surface area (Å²) in [6.07, 6.45) is 1.84. The van der Waals surface area contributed by atoms with Gasteiger partial charge in [0, 0.05) is 60.3 Å². The van der Waals surface area contributed by atoms with Crippen molar-refractivity contribution in [2.45, 2.75) is 53.6 Å². The molecule has 178 valence electrons. The van der Waals surface area contributed by atoms with Crippen molar-refractivity contribution in [3.05, 3.63) is 54.5 Å². The number of amides is 2. The quantitative estimate of drug-likeness (QED) is 0.469. The van der Waals surface area contributed by atoms with Crippen molar-refractivity contribution in [3.63, 3.8) is 0 Å². The number of halogens is 2. The van der Waals surface area contributed by atoms with Gasteiger partial charge in [-0.2, -0.15) is 0 Å². The zero-order valence-corrected chi connectivity index (χ0v) is 23.1. The largest absolute Gasteiger partial charge is 0.398 e. The van der Waals surface area contributed by atoms with Crippen LogP contribution in [0.3, 0.4) is 0 Å². The second-order valence-corrected chi connectivity index (χ2v) is 10.6. The van der Waals surface area contributed by atoms with Gasteiger partial charge in [0.05, 0.1) is 0 Å². The highest BCUT2D eigenvalue weighted by Gasteiger charge is 2.24. The summed E-state index contributed by atoms with van der Waals surface area (Å²) in [5, 5.41) is 2.91. The van der Waals surface area contributed by atoms with Crippen molar-refractivity contribution in [2.24, 2.45) is 0 Å². The monoisotopic (exact) mass is 578 g/mol. The molecule has 0 aromatic heterocycles. The van der Waals surface area contributed by atoms with Crippen LogP contribution in [0.15, 0.2) is 21.1 Å². The van der Waals surface area contributed by atoms with Crippen molar-refractivity contribution >= 4 is 55.0 Å². The first-order valence-electron chi connectivity index (χ1n) is 11.1. The van der Waals surface area contributed by atoms with Gasteiger partial charge in [0.2, 0.25) is 11.8 Å². The molecule has 0 bridgehead atoms. The Morgan fingerprint density at radius 3 is 2.09 bits per heavy atom. The normalized spacial score (nSPS) is 15.2. The average molecular weight is 580 g/mol. The van der Waals surface area contributed by atoms with Gasteiger partial charge in [-0.25, -0.2) is 0 Å². The van der Waals surface area contributed by atoms with Gasteiger partial charge < -0.3 is 20.9 Å².